The summed E-state index contributed by atoms with van der Waals surface area (Å²) in [7, 11) is 0. The fourth-order valence-corrected chi connectivity index (χ4v) is 2.08. The van der Waals surface area contributed by atoms with Crippen LogP contribution >= 0.6 is 0 Å². The first kappa shape index (κ1) is 10.4. The van der Waals surface area contributed by atoms with Crippen molar-refractivity contribution in [2.45, 2.75) is 25.8 Å². The van der Waals surface area contributed by atoms with Gasteiger partial charge in [0.2, 0.25) is 5.91 Å². The summed E-state index contributed by atoms with van der Waals surface area (Å²) in [5.41, 5.74) is 0. The first-order valence-corrected chi connectivity index (χ1v) is 5.65. The Labute approximate surface area is 90.5 Å². The number of hydrogen-bond acceptors (Lipinski definition) is 3. The van der Waals surface area contributed by atoms with Crippen molar-refractivity contribution in [2.75, 3.05) is 26.2 Å². The Balaban J connectivity index is 1.82. The number of amides is 1. The minimum Gasteiger partial charge on any atom is -0.339 e. The average Bonchev–Trinajstić information content (AvgIpc) is 3.11. The van der Waals surface area contributed by atoms with Crippen LogP contribution in [0.1, 0.15) is 19.8 Å². The molecule has 1 unspecified atom stereocenters. The molecule has 1 saturated carbocycles. The molecule has 0 aromatic rings. The van der Waals surface area contributed by atoms with E-state index in [0.717, 1.165) is 32.2 Å². The second kappa shape index (κ2) is 4.19. The second-order valence-electron chi connectivity index (χ2n) is 4.44. The monoisotopic (exact) mass is 207 g/mol. The van der Waals surface area contributed by atoms with Crippen LogP contribution in [0, 0.1) is 17.2 Å². The molecule has 0 N–H and O–H groups in total. The van der Waals surface area contributed by atoms with Crippen LogP contribution in [0.25, 0.3) is 0 Å². The lowest BCUT2D eigenvalue weighted by Gasteiger charge is -2.35. The highest BCUT2D eigenvalue weighted by atomic mass is 16.2. The van der Waals surface area contributed by atoms with E-state index in [-0.39, 0.29) is 5.91 Å². The first-order chi connectivity index (χ1) is 7.22. The molecule has 0 bridgehead atoms. The summed E-state index contributed by atoms with van der Waals surface area (Å²) in [6.07, 6.45) is 2.64. The fourth-order valence-electron chi connectivity index (χ4n) is 2.08. The molecule has 1 aliphatic carbocycles. The molecule has 82 valence electrons. The molecule has 1 aliphatic heterocycles. The Morgan fingerprint density at radius 1 is 1.33 bits per heavy atom. The summed E-state index contributed by atoms with van der Waals surface area (Å²) in [6.45, 7) is 5.22. The van der Waals surface area contributed by atoms with Gasteiger partial charge in [-0.1, -0.05) is 0 Å². The molecule has 2 fully saturated rings. The summed E-state index contributed by atoms with van der Waals surface area (Å²) >= 11 is 0. The lowest BCUT2D eigenvalue weighted by Crippen LogP contribution is -2.50. The van der Waals surface area contributed by atoms with Gasteiger partial charge in [-0.3, -0.25) is 9.69 Å². The summed E-state index contributed by atoms with van der Waals surface area (Å²) in [5, 5.41) is 8.68. The molecule has 15 heavy (non-hydrogen) atoms. The number of carbonyl (C=O) groups excluding carboxylic acids is 1. The molecule has 4 heteroatoms. The van der Waals surface area contributed by atoms with Crippen LogP contribution in [0.5, 0.6) is 0 Å². The molecule has 0 aromatic carbocycles. The van der Waals surface area contributed by atoms with Crippen LogP contribution in [0.4, 0.5) is 0 Å². The lowest BCUT2D eigenvalue weighted by atomic mass is 10.1. The maximum atomic E-state index is 11.7. The maximum absolute atomic E-state index is 11.7. The molecular weight excluding hydrogens is 190 g/mol. The van der Waals surface area contributed by atoms with Crippen molar-refractivity contribution in [3.05, 3.63) is 0 Å². The molecule has 0 aromatic heterocycles. The SMILES string of the molecule is CC(C#N)C(=O)N1CCN(C2CC2)CC1. The topological polar surface area (TPSA) is 47.3 Å². The van der Waals surface area contributed by atoms with E-state index < -0.39 is 5.92 Å². The minimum atomic E-state index is -0.488. The van der Waals surface area contributed by atoms with Gasteiger partial charge in [0, 0.05) is 32.2 Å². The Bertz CT molecular complexity index is 285. The Hall–Kier alpha value is -1.08. The van der Waals surface area contributed by atoms with Crippen molar-refractivity contribution in [1.29, 1.82) is 5.26 Å². The van der Waals surface area contributed by atoms with E-state index >= 15 is 0 Å². The van der Waals surface area contributed by atoms with Gasteiger partial charge in [-0.15, -0.1) is 0 Å². The summed E-state index contributed by atoms with van der Waals surface area (Å²) < 4.78 is 0. The third-order valence-electron chi connectivity index (χ3n) is 3.25. The normalized spacial score (nSPS) is 24.7. The molecule has 0 spiro atoms. The summed E-state index contributed by atoms with van der Waals surface area (Å²) in [6, 6.07) is 2.79. The highest BCUT2D eigenvalue weighted by Crippen LogP contribution is 2.27. The standard InChI is InChI=1S/C11H17N3O/c1-9(8-12)11(15)14-6-4-13(5-7-14)10-2-3-10/h9-10H,2-7H2,1H3. The molecule has 1 atom stereocenters. The number of piperazine rings is 1. The van der Waals surface area contributed by atoms with E-state index in [1.54, 1.807) is 6.92 Å². The molecule has 1 amide bonds. The lowest BCUT2D eigenvalue weighted by molar-refractivity contribution is -0.135. The fraction of sp³-hybridized carbons (Fsp3) is 0.818. The number of carbonyl (C=O) groups is 1. The van der Waals surface area contributed by atoms with E-state index in [4.69, 9.17) is 5.26 Å². The number of hydrogen-bond donors (Lipinski definition) is 0. The van der Waals surface area contributed by atoms with Gasteiger partial charge in [0.15, 0.2) is 0 Å². The van der Waals surface area contributed by atoms with Gasteiger partial charge in [-0.2, -0.15) is 5.26 Å². The minimum absolute atomic E-state index is 0.00653. The molecule has 0 radical (unpaired) electrons. The first-order valence-electron chi connectivity index (χ1n) is 5.65. The number of rotatable bonds is 2. The number of nitrogens with zero attached hydrogens (tertiary/aromatic N) is 3. The Morgan fingerprint density at radius 3 is 2.40 bits per heavy atom. The molecular formula is C11H17N3O. The van der Waals surface area contributed by atoms with Crippen molar-refractivity contribution in [2.24, 2.45) is 5.92 Å². The quantitative estimate of drug-likeness (QED) is 0.660. The van der Waals surface area contributed by atoms with E-state index in [2.05, 4.69) is 4.90 Å². The highest BCUT2D eigenvalue weighted by molar-refractivity contribution is 5.80. The van der Waals surface area contributed by atoms with E-state index in [0.29, 0.717) is 0 Å². The third kappa shape index (κ3) is 2.29. The van der Waals surface area contributed by atoms with E-state index in [1.807, 2.05) is 11.0 Å². The third-order valence-corrected chi connectivity index (χ3v) is 3.25. The zero-order valence-electron chi connectivity index (χ0n) is 9.15. The van der Waals surface area contributed by atoms with Gasteiger partial charge in [-0.25, -0.2) is 0 Å². The molecule has 4 nitrogen and oxygen atoms in total. The van der Waals surface area contributed by atoms with Crippen LogP contribution in [-0.4, -0.2) is 47.9 Å². The van der Waals surface area contributed by atoms with Crippen LogP contribution in [0.15, 0.2) is 0 Å². The van der Waals surface area contributed by atoms with Crippen LogP contribution < -0.4 is 0 Å². The van der Waals surface area contributed by atoms with E-state index in [1.165, 1.54) is 12.8 Å². The highest BCUT2D eigenvalue weighted by Gasteiger charge is 2.32. The predicted octanol–water partition coefficient (Wildman–Crippen LogP) is 0.453. The van der Waals surface area contributed by atoms with Gasteiger partial charge in [0.1, 0.15) is 5.92 Å². The average molecular weight is 207 g/mol. The molecule has 2 rings (SSSR count). The maximum Gasteiger partial charge on any atom is 0.239 e. The van der Waals surface area contributed by atoms with E-state index in [9.17, 15) is 4.79 Å². The second-order valence-corrected chi connectivity index (χ2v) is 4.44. The van der Waals surface area contributed by atoms with Gasteiger partial charge < -0.3 is 4.90 Å². The van der Waals surface area contributed by atoms with Gasteiger partial charge >= 0.3 is 0 Å². The number of nitriles is 1. The largest absolute Gasteiger partial charge is 0.339 e. The van der Waals surface area contributed by atoms with Gasteiger partial charge in [-0.05, 0) is 19.8 Å². The van der Waals surface area contributed by atoms with Crippen molar-refractivity contribution in [1.82, 2.24) is 9.80 Å². The van der Waals surface area contributed by atoms with Gasteiger partial charge in [0.05, 0.1) is 6.07 Å². The van der Waals surface area contributed by atoms with Gasteiger partial charge in [0.25, 0.3) is 0 Å². The zero-order valence-corrected chi connectivity index (χ0v) is 9.15. The van der Waals surface area contributed by atoms with Crippen LogP contribution in [0.2, 0.25) is 0 Å². The Morgan fingerprint density at radius 2 is 1.93 bits per heavy atom. The van der Waals surface area contributed by atoms with Crippen molar-refractivity contribution in [3.8, 4) is 6.07 Å². The predicted molar refractivity (Wildman–Crippen MR) is 56.0 cm³/mol. The molecule has 1 saturated heterocycles. The molecule has 1 heterocycles. The summed E-state index contributed by atoms with van der Waals surface area (Å²) in [5.74, 6) is -0.495. The van der Waals surface area contributed by atoms with Crippen molar-refractivity contribution in [3.63, 3.8) is 0 Å². The molecule has 2 aliphatic rings. The van der Waals surface area contributed by atoms with Crippen molar-refractivity contribution < 1.29 is 4.79 Å². The smallest absolute Gasteiger partial charge is 0.239 e. The van der Waals surface area contributed by atoms with Crippen LogP contribution in [0.3, 0.4) is 0 Å². The van der Waals surface area contributed by atoms with Crippen molar-refractivity contribution >= 4 is 5.91 Å². The Kier molecular flexibility index (Phi) is 2.92. The summed E-state index contributed by atoms with van der Waals surface area (Å²) in [4.78, 5) is 16.0. The zero-order chi connectivity index (χ0) is 10.8. The van der Waals surface area contributed by atoms with Crippen LogP contribution in [-0.2, 0) is 4.79 Å².